The van der Waals surface area contributed by atoms with E-state index >= 15 is 0 Å². The van der Waals surface area contributed by atoms with Crippen molar-refractivity contribution >= 4 is 29.1 Å². The van der Waals surface area contributed by atoms with Crippen LogP contribution in [-0.2, 0) is 6.54 Å². The molecule has 126 valence electrons. The molecule has 6 heteroatoms. The van der Waals surface area contributed by atoms with Crippen LogP contribution in [0.15, 0.2) is 60.7 Å². The summed E-state index contributed by atoms with van der Waals surface area (Å²) in [7, 11) is 0. The molecule has 5 nitrogen and oxygen atoms in total. The number of carbonyl (C=O) groups excluding carboxylic acids is 1. The van der Waals surface area contributed by atoms with E-state index in [0.29, 0.717) is 28.9 Å². The smallest absolute Gasteiger partial charge is 0.274 e. The summed E-state index contributed by atoms with van der Waals surface area (Å²) in [5.74, 6) is 0.138. The van der Waals surface area contributed by atoms with Gasteiger partial charge in [0.25, 0.3) is 5.91 Å². The van der Waals surface area contributed by atoms with Crippen LogP contribution in [0, 0.1) is 6.92 Å². The summed E-state index contributed by atoms with van der Waals surface area (Å²) < 4.78 is 0. The maximum Gasteiger partial charge on any atom is 0.274 e. The number of carbonyl (C=O) groups is 1. The molecule has 0 aliphatic heterocycles. The molecule has 1 heterocycles. The number of halogens is 1. The van der Waals surface area contributed by atoms with E-state index in [-0.39, 0.29) is 5.91 Å². The van der Waals surface area contributed by atoms with Crippen LogP contribution in [-0.4, -0.2) is 15.9 Å². The number of aromatic nitrogens is 2. The molecule has 0 saturated heterocycles. The van der Waals surface area contributed by atoms with Crippen molar-refractivity contribution in [2.24, 2.45) is 0 Å². The number of nitrogens with one attached hydrogen (secondary N) is 2. The van der Waals surface area contributed by atoms with Crippen LogP contribution in [0.4, 0.5) is 11.6 Å². The summed E-state index contributed by atoms with van der Waals surface area (Å²) in [6, 6.07) is 18.4. The number of anilines is 2. The Morgan fingerprint density at radius 2 is 1.76 bits per heavy atom. The lowest BCUT2D eigenvalue weighted by atomic mass is 10.2. The largest absolute Gasteiger partial charge is 0.350 e. The van der Waals surface area contributed by atoms with Crippen LogP contribution < -0.4 is 10.6 Å². The fourth-order valence-electron chi connectivity index (χ4n) is 2.26. The monoisotopic (exact) mass is 352 g/mol. The molecule has 0 aliphatic rings. The molecule has 3 rings (SSSR count). The Bertz CT molecular complexity index is 866. The molecule has 2 N–H and O–H groups in total. The number of para-hydroxylation sites is 1. The van der Waals surface area contributed by atoms with Crippen molar-refractivity contribution in [3.05, 3.63) is 82.6 Å². The van der Waals surface area contributed by atoms with Gasteiger partial charge in [-0.05, 0) is 42.8 Å². The average molecular weight is 353 g/mol. The first-order chi connectivity index (χ1) is 12.1. The number of hydrogen-bond donors (Lipinski definition) is 2. The molecule has 0 bridgehead atoms. The summed E-state index contributed by atoms with van der Waals surface area (Å²) in [5.41, 5.74) is 2.80. The highest BCUT2D eigenvalue weighted by Crippen LogP contribution is 2.13. The van der Waals surface area contributed by atoms with Gasteiger partial charge in [0.1, 0.15) is 5.69 Å². The van der Waals surface area contributed by atoms with Gasteiger partial charge in [-0.3, -0.25) is 4.79 Å². The molecule has 0 spiro atoms. The maximum atomic E-state index is 12.4. The third-order valence-electron chi connectivity index (χ3n) is 3.48. The van der Waals surface area contributed by atoms with Crippen molar-refractivity contribution < 1.29 is 4.79 Å². The van der Waals surface area contributed by atoms with Gasteiger partial charge in [-0.15, -0.1) is 0 Å². The van der Waals surface area contributed by atoms with Crippen LogP contribution in [0.2, 0.25) is 5.02 Å². The van der Waals surface area contributed by atoms with Crippen molar-refractivity contribution in [3.8, 4) is 0 Å². The van der Waals surface area contributed by atoms with E-state index in [1.54, 1.807) is 6.07 Å². The van der Waals surface area contributed by atoms with Crippen molar-refractivity contribution in [2.45, 2.75) is 13.5 Å². The summed E-state index contributed by atoms with van der Waals surface area (Å²) >= 11 is 5.88. The van der Waals surface area contributed by atoms with E-state index in [9.17, 15) is 4.79 Å². The minimum atomic E-state index is -0.272. The minimum absolute atomic E-state index is 0.272. The number of hydrogen-bond acceptors (Lipinski definition) is 4. The Hall–Kier alpha value is -2.92. The first-order valence-electron chi connectivity index (χ1n) is 7.80. The fourth-order valence-corrected chi connectivity index (χ4v) is 2.39. The Morgan fingerprint density at radius 1 is 1.04 bits per heavy atom. The number of aryl methyl sites for hydroxylation is 1. The SMILES string of the molecule is Cc1cc(C(=O)Nc2ccccc2)nc(NCc2ccc(Cl)cc2)n1. The molecule has 1 amide bonds. The van der Waals surface area contributed by atoms with Crippen LogP contribution in [0.25, 0.3) is 0 Å². The maximum absolute atomic E-state index is 12.4. The second-order valence-corrected chi connectivity index (χ2v) is 5.95. The molecule has 0 fully saturated rings. The average Bonchev–Trinajstić information content (AvgIpc) is 2.61. The zero-order chi connectivity index (χ0) is 17.6. The van der Waals surface area contributed by atoms with Gasteiger partial charge in [-0.2, -0.15) is 0 Å². The molecular weight excluding hydrogens is 336 g/mol. The van der Waals surface area contributed by atoms with Gasteiger partial charge in [-0.25, -0.2) is 9.97 Å². The van der Waals surface area contributed by atoms with Gasteiger partial charge in [0.05, 0.1) is 0 Å². The van der Waals surface area contributed by atoms with Crippen LogP contribution >= 0.6 is 11.6 Å². The second kappa shape index (κ2) is 7.77. The van der Waals surface area contributed by atoms with E-state index in [1.807, 2.05) is 61.5 Å². The number of rotatable bonds is 5. The Kier molecular flexibility index (Phi) is 5.26. The lowest BCUT2D eigenvalue weighted by Crippen LogP contribution is -2.16. The summed E-state index contributed by atoms with van der Waals surface area (Å²) in [6.45, 7) is 2.37. The fraction of sp³-hybridized carbons (Fsp3) is 0.105. The van der Waals surface area contributed by atoms with Crippen molar-refractivity contribution in [3.63, 3.8) is 0 Å². The van der Waals surface area contributed by atoms with Gasteiger partial charge in [0.2, 0.25) is 5.95 Å². The molecule has 25 heavy (non-hydrogen) atoms. The van der Waals surface area contributed by atoms with Gasteiger partial charge >= 0.3 is 0 Å². The summed E-state index contributed by atoms with van der Waals surface area (Å²) in [5, 5.41) is 6.65. The van der Waals surface area contributed by atoms with Gasteiger partial charge < -0.3 is 10.6 Å². The van der Waals surface area contributed by atoms with Crippen LogP contribution in [0.1, 0.15) is 21.7 Å². The first-order valence-corrected chi connectivity index (χ1v) is 8.18. The van der Waals surface area contributed by atoms with E-state index in [2.05, 4.69) is 20.6 Å². The second-order valence-electron chi connectivity index (χ2n) is 5.52. The standard InChI is InChI=1S/C19H17ClN4O/c1-13-11-17(18(25)23-16-5-3-2-4-6-16)24-19(22-13)21-12-14-7-9-15(20)10-8-14/h2-11H,12H2,1H3,(H,23,25)(H,21,22,24). The van der Waals surface area contributed by atoms with Crippen LogP contribution in [0.5, 0.6) is 0 Å². The molecule has 0 atom stereocenters. The summed E-state index contributed by atoms with van der Waals surface area (Å²) in [4.78, 5) is 21.0. The molecule has 3 aromatic rings. The first kappa shape index (κ1) is 16.9. The van der Waals surface area contributed by atoms with Crippen molar-refractivity contribution in [1.29, 1.82) is 0 Å². The Morgan fingerprint density at radius 3 is 2.48 bits per heavy atom. The van der Waals surface area contributed by atoms with E-state index < -0.39 is 0 Å². The van der Waals surface area contributed by atoms with Crippen LogP contribution in [0.3, 0.4) is 0 Å². The normalized spacial score (nSPS) is 10.3. The third kappa shape index (κ3) is 4.78. The van der Waals surface area contributed by atoms with Crippen molar-refractivity contribution in [2.75, 3.05) is 10.6 Å². The zero-order valence-corrected chi connectivity index (χ0v) is 14.4. The highest BCUT2D eigenvalue weighted by molar-refractivity contribution is 6.30. The van der Waals surface area contributed by atoms with Gasteiger partial charge in [0.15, 0.2) is 0 Å². The van der Waals surface area contributed by atoms with Gasteiger partial charge in [0, 0.05) is 22.9 Å². The molecule has 0 unspecified atom stereocenters. The zero-order valence-electron chi connectivity index (χ0n) is 13.7. The predicted molar refractivity (Wildman–Crippen MR) is 99.9 cm³/mol. The van der Waals surface area contributed by atoms with E-state index in [4.69, 9.17) is 11.6 Å². The molecule has 0 aliphatic carbocycles. The Balaban J connectivity index is 1.71. The number of benzene rings is 2. The van der Waals surface area contributed by atoms with Gasteiger partial charge in [-0.1, -0.05) is 41.9 Å². The molecule has 1 aromatic heterocycles. The quantitative estimate of drug-likeness (QED) is 0.718. The molecule has 0 radical (unpaired) electrons. The number of amides is 1. The van der Waals surface area contributed by atoms with Crippen molar-refractivity contribution in [1.82, 2.24) is 9.97 Å². The predicted octanol–water partition coefficient (Wildman–Crippen LogP) is 4.30. The third-order valence-corrected chi connectivity index (χ3v) is 3.73. The highest BCUT2D eigenvalue weighted by atomic mass is 35.5. The Labute approximate surface area is 151 Å². The molecular formula is C19H17ClN4O. The van der Waals surface area contributed by atoms with E-state index in [1.165, 1.54) is 0 Å². The topological polar surface area (TPSA) is 66.9 Å². The molecule has 0 saturated carbocycles. The summed E-state index contributed by atoms with van der Waals surface area (Å²) in [6.07, 6.45) is 0. The van der Waals surface area contributed by atoms with E-state index in [0.717, 1.165) is 11.3 Å². The minimum Gasteiger partial charge on any atom is -0.350 e. The number of nitrogens with zero attached hydrogens (tertiary/aromatic N) is 2. The lowest BCUT2D eigenvalue weighted by Gasteiger charge is -2.09. The highest BCUT2D eigenvalue weighted by Gasteiger charge is 2.11. The lowest BCUT2D eigenvalue weighted by molar-refractivity contribution is 0.102. The molecule has 2 aromatic carbocycles.